The van der Waals surface area contributed by atoms with Crippen molar-refractivity contribution in [3.63, 3.8) is 0 Å². The van der Waals surface area contributed by atoms with E-state index in [2.05, 4.69) is 5.32 Å². The summed E-state index contributed by atoms with van der Waals surface area (Å²) in [4.78, 5) is 14.6. The number of likely N-dealkylation sites (N-methyl/N-ethyl adjacent to an activating group) is 1. The molecule has 0 aliphatic carbocycles. The summed E-state index contributed by atoms with van der Waals surface area (Å²) >= 11 is 0. The maximum absolute atomic E-state index is 12.7. The highest BCUT2D eigenvalue weighted by Crippen LogP contribution is 2.20. The summed E-state index contributed by atoms with van der Waals surface area (Å²) in [6.45, 7) is 6.64. The van der Waals surface area contributed by atoms with Crippen molar-refractivity contribution in [2.45, 2.75) is 31.7 Å². The van der Waals surface area contributed by atoms with E-state index in [0.29, 0.717) is 18.8 Å². The lowest BCUT2D eigenvalue weighted by atomic mass is 10.1. The van der Waals surface area contributed by atoms with Crippen LogP contribution in [0.3, 0.4) is 0 Å². The molecular weight excluding hydrogens is 374 g/mol. The number of carbonyl (C=O) groups excluding carboxylic acids is 1. The van der Waals surface area contributed by atoms with Crippen LogP contribution in [0.2, 0.25) is 0 Å². The molecule has 0 saturated heterocycles. The standard InChI is InChI=1S/C21H29N3O3S/c1-5-24(6-2)28(26,27)20-14-10-13-19(15-20)22-21(25)16-23(4)17(3)18-11-8-7-9-12-18/h7-15,17H,5-6,16H2,1-4H3,(H,22,25). The van der Waals surface area contributed by atoms with Gasteiger partial charge in [0.15, 0.2) is 0 Å². The maximum Gasteiger partial charge on any atom is 0.243 e. The zero-order chi connectivity index (χ0) is 20.7. The number of benzene rings is 2. The van der Waals surface area contributed by atoms with Gasteiger partial charge in [-0.05, 0) is 37.7 Å². The number of hydrogen-bond donors (Lipinski definition) is 1. The summed E-state index contributed by atoms with van der Waals surface area (Å²) in [7, 11) is -1.67. The first-order valence-electron chi connectivity index (χ1n) is 9.44. The van der Waals surface area contributed by atoms with Crippen molar-refractivity contribution in [2.75, 3.05) is 32.0 Å². The molecule has 0 heterocycles. The van der Waals surface area contributed by atoms with E-state index in [1.165, 1.54) is 10.4 Å². The lowest BCUT2D eigenvalue weighted by molar-refractivity contribution is -0.117. The minimum absolute atomic E-state index is 0.0846. The molecule has 0 bridgehead atoms. The Hall–Kier alpha value is -2.22. The van der Waals surface area contributed by atoms with Crippen LogP contribution in [0.25, 0.3) is 0 Å². The molecule has 152 valence electrons. The predicted octanol–water partition coefficient (Wildman–Crippen LogP) is 3.35. The topological polar surface area (TPSA) is 69.7 Å². The smallest absolute Gasteiger partial charge is 0.243 e. The summed E-state index contributed by atoms with van der Waals surface area (Å²) < 4.78 is 26.7. The number of amides is 1. The van der Waals surface area contributed by atoms with Gasteiger partial charge in [0, 0.05) is 24.8 Å². The molecule has 7 heteroatoms. The van der Waals surface area contributed by atoms with Crippen molar-refractivity contribution >= 4 is 21.6 Å². The average Bonchev–Trinajstić information content (AvgIpc) is 2.68. The van der Waals surface area contributed by atoms with Crippen molar-refractivity contribution in [1.82, 2.24) is 9.21 Å². The first kappa shape index (κ1) is 22.1. The summed E-state index contributed by atoms with van der Waals surface area (Å²) in [6.07, 6.45) is 0. The molecule has 2 aromatic carbocycles. The molecule has 0 saturated carbocycles. The number of hydrogen-bond acceptors (Lipinski definition) is 4. The van der Waals surface area contributed by atoms with Gasteiger partial charge in [-0.25, -0.2) is 8.42 Å². The minimum Gasteiger partial charge on any atom is -0.325 e. The molecule has 1 atom stereocenters. The van der Waals surface area contributed by atoms with E-state index < -0.39 is 10.0 Å². The van der Waals surface area contributed by atoms with E-state index in [9.17, 15) is 13.2 Å². The molecule has 0 aliphatic rings. The zero-order valence-electron chi connectivity index (χ0n) is 16.9. The van der Waals surface area contributed by atoms with Gasteiger partial charge in [0.1, 0.15) is 0 Å². The number of nitrogens with one attached hydrogen (secondary N) is 1. The predicted molar refractivity (Wildman–Crippen MR) is 113 cm³/mol. The third-order valence-electron chi connectivity index (χ3n) is 4.80. The SMILES string of the molecule is CCN(CC)S(=O)(=O)c1cccc(NC(=O)CN(C)C(C)c2ccccc2)c1. The highest BCUT2D eigenvalue weighted by atomic mass is 32.2. The first-order valence-corrected chi connectivity index (χ1v) is 10.9. The summed E-state index contributed by atoms with van der Waals surface area (Å²) in [5.74, 6) is -0.192. The van der Waals surface area contributed by atoms with Crippen molar-refractivity contribution < 1.29 is 13.2 Å². The Labute approximate surface area is 168 Å². The van der Waals surface area contributed by atoms with Gasteiger partial charge in [-0.1, -0.05) is 50.2 Å². The fourth-order valence-electron chi connectivity index (χ4n) is 3.00. The third-order valence-corrected chi connectivity index (χ3v) is 6.84. The molecular formula is C21H29N3O3S. The molecule has 2 rings (SSSR count). The normalized spacial score (nSPS) is 12.9. The van der Waals surface area contributed by atoms with E-state index in [-0.39, 0.29) is 23.4 Å². The molecule has 1 amide bonds. The number of sulfonamides is 1. The van der Waals surface area contributed by atoms with Gasteiger partial charge in [-0.3, -0.25) is 9.69 Å². The molecule has 0 aliphatic heterocycles. The van der Waals surface area contributed by atoms with Crippen LogP contribution in [0.4, 0.5) is 5.69 Å². The Morgan fingerprint density at radius 3 is 2.29 bits per heavy atom. The van der Waals surface area contributed by atoms with Crippen molar-refractivity contribution in [1.29, 1.82) is 0 Å². The second-order valence-electron chi connectivity index (χ2n) is 6.67. The van der Waals surface area contributed by atoms with Gasteiger partial charge in [-0.15, -0.1) is 0 Å². The van der Waals surface area contributed by atoms with Crippen LogP contribution in [0, 0.1) is 0 Å². The Morgan fingerprint density at radius 2 is 1.68 bits per heavy atom. The third kappa shape index (κ3) is 5.41. The molecule has 28 heavy (non-hydrogen) atoms. The van der Waals surface area contributed by atoms with E-state index in [4.69, 9.17) is 0 Å². The Morgan fingerprint density at radius 1 is 1.04 bits per heavy atom. The second kappa shape index (κ2) is 9.82. The van der Waals surface area contributed by atoms with Crippen molar-refractivity contribution in [2.24, 2.45) is 0 Å². The van der Waals surface area contributed by atoms with Gasteiger partial charge in [0.25, 0.3) is 0 Å². The molecule has 0 aromatic heterocycles. The zero-order valence-corrected chi connectivity index (χ0v) is 17.7. The molecule has 0 radical (unpaired) electrons. The van der Waals surface area contributed by atoms with Crippen LogP contribution < -0.4 is 5.32 Å². The van der Waals surface area contributed by atoms with E-state index >= 15 is 0 Å². The largest absolute Gasteiger partial charge is 0.325 e. The van der Waals surface area contributed by atoms with Gasteiger partial charge in [0.05, 0.1) is 11.4 Å². The van der Waals surface area contributed by atoms with Crippen LogP contribution in [0.15, 0.2) is 59.5 Å². The molecule has 1 unspecified atom stereocenters. The van der Waals surface area contributed by atoms with Crippen LogP contribution >= 0.6 is 0 Å². The van der Waals surface area contributed by atoms with Crippen LogP contribution in [-0.2, 0) is 14.8 Å². The molecule has 2 aromatic rings. The van der Waals surface area contributed by atoms with E-state index in [0.717, 1.165) is 5.56 Å². The number of nitrogens with zero attached hydrogens (tertiary/aromatic N) is 2. The second-order valence-corrected chi connectivity index (χ2v) is 8.61. The monoisotopic (exact) mass is 403 g/mol. The Balaban J connectivity index is 2.06. The highest BCUT2D eigenvalue weighted by molar-refractivity contribution is 7.89. The lowest BCUT2D eigenvalue weighted by Crippen LogP contribution is -2.32. The van der Waals surface area contributed by atoms with Crippen LogP contribution in [0.1, 0.15) is 32.4 Å². The molecule has 0 fully saturated rings. The van der Waals surface area contributed by atoms with Crippen LogP contribution in [-0.4, -0.2) is 50.2 Å². The highest BCUT2D eigenvalue weighted by Gasteiger charge is 2.22. The molecule has 6 nitrogen and oxygen atoms in total. The fraction of sp³-hybridized carbons (Fsp3) is 0.381. The van der Waals surface area contributed by atoms with E-state index in [1.807, 2.05) is 49.2 Å². The van der Waals surface area contributed by atoms with Crippen molar-refractivity contribution in [3.8, 4) is 0 Å². The molecule has 0 spiro atoms. The van der Waals surface area contributed by atoms with Gasteiger partial charge >= 0.3 is 0 Å². The molecule has 1 N–H and O–H groups in total. The summed E-state index contributed by atoms with van der Waals surface area (Å²) in [6, 6.07) is 16.4. The number of rotatable bonds is 9. The van der Waals surface area contributed by atoms with E-state index in [1.54, 1.807) is 32.0 Å². The summed E-state index contributed by atoms with van der Waals surface area (Å²) in [5, 5.41) is 2.80. The Bertz CT molecular complexity index is 881. The number of anilines is 1. The Kier molecular flexibility index (Phi) is 7.74. The summed E-state index contributed by atoms with van der Waals surface area (Å²) in [5.41, 5.74) is 1.60. The number of carbonyl (C=O) groups is 1. The lowest BCUT2D eigenvalue weighted by Gasteiger charge is -2.24. The van der Waals surface area contributed by atoms with Gasteiger partial charge < -0.3 is 5.32 Å². The van der Waals surface area contributed by atoms with Crippen molar-refractivity contribution in [3.05, 3.63) is 60.2 Å². The fourth-order valence-corrected chi connectivity index (χ4v) is 4.50. The van der Waals surface area contributed by atoms with Gasteiger partial charge in [0.2, 0.25) is 15.9 Å². The minimum atomic E-state index is -3.56. The maximum atomic E-state index is 12.7. The van der Waals surface area contributed by atoms with Crippen LogP contribution in [0.5, 0.6) is 0 Å². The van der Waals surface area contributed by atoms with Gasteiger partial charge in [-0.2, -0.15) is 4.31 Å². The average molecular weight is 404 g/mol. The quantitative estimate of drug-likeness (QED) is 0.697. The first-order chi connectivity index (χ1) is 13.3.